The lowest BCUT2D eigenvalue weighted by Gasteiger charge is -2.29. The molecule has 33 heavy (non-hydrogen) atoms. The van der Waals surface area contributed by atoms with Crippen molar-refractivity contribution in [3.8, 4) is 5.75 Å². The third-order valence-electron chi connectivity index (χ3n) is 5.91. The molecule has 1 heterocycles. The maximum absolute atomic E-state index is 13.3. The molecule has 0 unspecified atom stereocenters. The Labute approximate surface area is 195 Å². The van der Waals surface area contributed by atoms with Gasteiger partial charge in [-0.05, 0) is 71.7 Å². The molecule has 0 saturated carbocycles. The first-order chi connectivity index (χ1) is 15.1. The molecule has 6 heteroatoms. The topological polar surface area (TPSA) is 86.7 Å². The number of amides is 4. The lowest BCUT2D eigenvalue weighted by atomic mass is 9.78. The summed E-state index contributed by atoms with van der Waals surface area (Å²) in [6.45, 7) is 15.8. The molecule has 2 aromatic rings. The summed E-state index contributed by atoms with van der Waals surface area (Å²) in [6, 6.07) is 8.06. The van der Waals surface area contributed by atoms with Gasteiger partial charge in [-0.1, -0.05) is 47.6 Å². The van der Waals surface area contributed by atoms with E-state index in [-0.39, 0.29) is 22.2 Å². The zero-order chi connectivity index (χ0) is 24.9. The number of hydrogen-bond acceptors (Lipinski definition) is 4. The Morgan fingerprint density at radius 2 is 1.39 bits per heavy atom. The highest BCUT2D eigenvalue weighted by atomic mass is 16.3. The normalized spacial score (nSPS) is 16.4. The van der Waals surface area contributed by atoms with Crippen molar-refractivity contribution in [3.05, 3.63) is 63.7 Å². The van der Waals surface area contributed by atoms with Gasteiger partial charge in [0.15, 0.2) is 0 Å². The van der Waals surface area contributed by atoms with Crippen LogP contribution in [0.1, 0.15) is 69.4 Å². The molecule has 1 aliphatic rings. The first-order valence-electron chi connectivity index (χ1n) is 11.0. The van der Waals surface area contributed by atoms with Crippen molar-refractivity contribution in [3.63, 3.8) is 0 Å². The Bertz CT molecular complexity index is 1160. The van der Waals surface area contributed by atoms with E-state index in [1.807, 2.05) is 61.5 Å². The van der Waals surface area contributed by atoms with Gasteiger partial charge in [0.2, 0.25) is 0 Å². The molecule has 0 radical (unpaired) electrons. The molecule has 0 aromatic heterocycles. The second-order valence-corrected chi connectivity index (χ2v) is 10.7. The number of aryl methyl sites for hydroxylation is 2. The van der Waals surface area contributed by atoms with Crippen molar-refractivity contribution >= 4 is 29.6 Å². The van der Waals surface area contributed by atoms with Crippen LogP contribution >= 0.6 is 0 Å². The van der Waals surface area contributed by atoms with Crippen LogP contribution in [-0.4, -0.2) is 23.0 Å². The molecule has 0 spiro atoms. The van der Waals surface area contributed by atoms with Gasteiger partial charge in [-0.2, -0.15) is 0 Å². The number of phenolic OH excluding ortho intramolecular Hbond substituents is 1. The van der Waals surface area contributed by atoms with Crippen molar-refractivity contribution in [2.45, 2.75) is 66.2 Å². The maximum Gasteiger partial charge on any atom is 0.335 e. The second kappa shape index (κ2) is 8.18. The summed E-state index contributed by atoms with van der Waals surface area (Å²) in [6.07, 6.45) is 1.49. The molecular formula is C27H32N2O4. The van der Waals surface area contributed by atoms with Crippen LogP contribution in [0.15, 0.2) is 35.9 Å². The van der Waals surface area contributed by atoms with Gasteiger partial charge in [-0.3, -0.25) is 14.9 Å². The van der Waals surface area contributed by atoms with Crippen LogP contribution in [0.4, 0.5) is 10.5 Å². The summed E-state index contributed by atoms with van der Waals surface area (Å²) in [4.78, 5) is 39.5. The molecule has 0 atom stereocenters. The molecule has 1 fully saturated rings. The molecule has 6 nitrogen and oxygen atoms in total. The number of nitrogens with one attached hydrogen (secondary N) is 1. The van der Waals surface area contributed by atoms with E-state index in [1.165, 1.54) is 6.08 Å². The summed E-state index contributed by atoms with van der Waals surface area (Å²) >= 11 is 0. The summed E-state index contributed by atoms with van der Waals surface area (Å²) in [5.41, 5.74) is 3.53. The number of hydrogen-bond donors (Lipinski definition) is 2. The van der Waals surface area contributed by atoms with Crippen molar-refractivity contribution in [1.29, 1.82) is 0 Å². The fourth-order valence-electron chi connectivity index (χ4n) is 3.81. The molecule has 174 valence electrons. The SMILES string of the molecule is Cc1ccc(N2C(=O)NC(=O)/C(=C\c3cc(C(C)(C)C)c(O)c(C(C)(C)C)c3)C2=O)cc1C. The number of imide groups is 2. The van der Waals surface area contributed by atoms with E-state index >= 15 is 0 Å². The Balaban J connectivity index is 2.16. The monoisotopic (exact) mass is 448 g/mol. The highest BCUT2D eigenvalue weighted by Crippen LogP contribution is 2.40. The highest BCUT2D eigenvalue weighted by molar-refractivity contribution is 6.39. The first-order valence-corrected chi connectivity index (χ1v) is 11.0. The fraction of sp³-hybridized carbons (Fsp3) is 0.370. The molecular weight excluding hydrogens is 416 g/mol. The number of nitrogens with zero attached hydrogens (tertiary/aromatic N) is 1. The van der Waals surface area contributed by atoms with Crippen LogP contribution in [0, 0.1) is 13.8 Å². The Kier molecular flexibility index (Phi) is 6.01. The van der Waals surface area contributed by atoms with E-state index < -0.39 is 17.8 Å². The molecule has 4 amide bonds. The predicted octanol–water partition coefficient (Wildman–Crippen LogP) is 5.27. The number of urea groups is 1. The van der Waals surface area contributed by atoms with Gasteiger partial charge in [-0.25, -0.2) is 9.69 Å². The van der Waals surface area contributed by atoms with Crippen molar-refractivity contribution in [1.82, 2.24) is 5.32 Å². The number of barbiturate groups is 1. The fourth-order valence-corrected chi connectivity index (χ4v) is 3.81. The lowest BCUT2D eigenvalue weighted by Crippen LogP contribution is -2.54. The average molecular weight is 449 g/mol. The minimum absolute atomic E-state index is 0.141. The zero-order valence-electron chi connectivity index (χ0n) is 20.6. The van der Waals surface area contributed by atoms with E-state index in [1.54, 1.807) is 24.3 Å². The van der Waals surface area contributed by atoms with E-state index in [0.29, 0.717) is 22.4 Å². The third-order valence-corrected chi connectivity index (χ3v) is 5.91. The Morgan fingerprint density at radius 1 is 0.848 bits per heavy atom. The van der Waals surface area contributed by atoms with Crippen molar-refractivity contribution in [2.75, 3.05) is 4.90 Å². The first kappa shape index (κ1) is 24.2. The van der Waals surface area contributed by atoms with E-state index in [9.17, 15) is 19.5 Å². The van der Waals surface area contributed by atoms with Gasteiger partial charge in [0.25, 0.3) is 11.8 Å². The number of carbonyl (C=O) groups excluding carboxylic acids is 3. The van der Waals surface area contributed by atoms with E-state index in [2.05, 4.69) is 5.32 Å². The van der Waals surface area contributed by atoms with E-state index in [0.717, 1.165) is 16.0 Å². The lowest BCUT2D eigenvalue weighted by molar-refractivity contribution is -0.122. The average Bonchev–Trinajstić information content (AvgIpc) is 2.67. The summed E-state index contributed by atoms with van der Waals surface area (Å²) in [5, 5.41) is 13.2. The smallest absolute Gasteiger partial charge is 0.335 e. The molecule has 2 aromatic carbocycles. The van der Waals surface area contributed by atoms with Gasteiger partial charge >= 0.3 is 6.03 Å². The minimum Gasteiger partial charge on any atom is -0.507 e. The molecule has 3 rings (SSSR count). The zero-order valence-corrected chi connectivity index (χ0v) is 20.6. The minimum atomic E-state index is -0.776. The highest BCUT2D eigenvalue weighted by Gasteiger charge is 2.37. The predicted molar refractivity (Wildman–Crippen MR) is 130 cm³/mol. The standard InChI is InChI=1S/C27H32N2O4/c1-15-9-10-18(11-16(15)2)29-24(32)19(23(31)28-25(29)33)12-17-13-20(26(3,4)5)22(30)21(14-17)27(6,7)8/h9-14,30H,1-8H3,(H,28,31,33)/b19-12+. The van der Waals surface area contributed by atoms with Crippen LogP contribution in [0.5, 0.6) is 5.75 Å². The summed E-state index contributed by atoms with van der Waals surface area (Å²) in [7, 11) is 0. The molecule has 0 aliphatic carbocycles. The van der Waals surface area contributed by atoms with Crippen LogP contribution < -0.4 is 10.2 Å². The van der Waals surface area contributed by atoms with E-state index in [4.69, 9.17) is 0 Å². The van der Waals surface area contributed by atoms with Gasteiger partial charge in [-0.15, -0.1) is 0 Å². The Morgan fingerprint density at radius 3 is 1.88 bits per heavy atom. The third kappa shape index (κ3) is 4.70. The number of rotatable bonds is 2. The largest absolute Gasteiger partial charge is 0.507 e. The van der Waals surface area contributed by atoms with Gasteiger partial charge in [0.05, 0.1) is 5.69 Å². The van der Waals surface area contributed by atoms with Crippen LogP contribution in [0.25, 0.3) is 6.08 Å². The number of carbonyl (C=O) groups is 3. The molecule has 0 bridgehead atoms. The van der Waals surface area contributed by atoms with Crippen molar-refractivity contribution in [2.24, 2.45) is 0 Å². The maximum atomic E-state index is 13.3. The van der Waals surface area contributed by atoms with Gasteiger partial charge < -0.3 is 5.11 Å². The number of anilines is 1. The van der Waals surface area contributed by atoms with Gasteiger partial charge in [0, 0.05) is 11.1 Å². The van der Waals surface area contributed by atoms with Gasteiger partial charge in [0.1, 0.15) is 11.3 Å². The number of aromatic hydroxyl groups is 1. The quantitative estimate of drug-likeness (QED) is 0.484. The Hall–Kier alpha value is -3.41. The molecule has 1 aliphatic heterocycles. The van der Waals surface area contributed by atoms with Crippen LogP contribution in [0.2, 0.25) is 0 Å². The van der Waals surface area contributed by atoms with Crippen LogP contribution in [0.3, 0.4) is 0 Å². The second-order valence-electron chi connectivity index (χ2n) is 10.7. The number of phenols is 1. The molecule has 1 saturated heterocycles. The van der Waals surface area contributed by atoms with Crippen LogP contribution in [-0.2, 0) is 20.4 Å². The summed E-state index contributed by atoms with van der Waals surface area (Å²) < 4.78 is 0. The summed E-state index contributed by atoms with van der Waals surface area (Å²) in [5.74, 6) is -1.22. The van der Waals surface area contributed by atoms with Crippen molar-refractivity contribution < 1.29 is 19.5 Å². The number of benzene rings is 2. The molecule has 2 N–H and O–H groups in total.